The van der Waals surface area contributed by atoms with Crippen LogP contribution >= 0.6 is 11.3 Å². The molecule has 2 aromatic rings. The largest absolute Gasteiger partial charge is 0.379 e. The van der Waals surface area contributed by atoms with Crippen molar-refractivity contribution in [1.29, 1.82) is 0 Å². The van der Waals surface area contributed by atoms with E-state index in [2.05, 4.69) is 20.9 Å². The van der Waals surface area contributed by atoms with Crippen molar-refractivity contribution in [2.24, 2.45) is 17.8 Å². The normalized spacial score (nSPS) is 18.4. The Labute approximate surface area is 494 Å². The number of nitrogens with zero attached hydrogens (tertiary/aromatic N) is 4. The standard InChI is InChI=1S/C60H93N7O15S/c1-9-43(4)54(48(75-7)41-52(71)66-25-15-18-47(66)55(76-8)44(5)56(72)62-46(57-61-24-39-83-57)40-45-16-11-10-12-17-45)65(6)58(73)53(42(2)3)63-59(74)60(22-13-14-23-60)64-49(68)21-27-77-29-31-79-33-35-81-37-38-82-36-34-80-32-30-78-28-26-67-50(69)19-20-51(67)70/h10-12,16-17,19-20,24,39,42-44,46-48,53-55H,9,13-15,18,21-23,25-38,40-41H2,1-8H3,(H,62,72)(H,63,74)(H,64,68). The smallest absolute Gasteiger partial charge is 0.253 e. The molecule has 8 atom stereocenters. The number of methoxy groups -OCH3 is 2. The zero-order valence-corrected chi connectivity index (χ0v) is 51.0. The summed E-state index contributed by atoms with van der Waals surface area (Å²) in [6.45, 7) is 14.2. The van der Waals surface area contributed by atoms with E-state index in [1.165, 1.54) is 23.5 Å². The van der Waals surface area contributed by atoms with Gasteiger partial charge in [0.25, 0.3) is 11.8 Å². The molecular weight excluding hydrogens is 1090 g/mol. The van der Waals surface area contributed by atoms with Gasteiger partial charge in [-0.1, -0.05) is 84.2 Å². The van der Waals surface area contributed by atoms with E-state index in [0.717, 1.165) is 34.7 Å². The second-order valence-electron chi connectivity index (χ2n) is 21.8. The van der Waals surface area contributed by atoms with Crippen molar-refractivity contribution >= 4 is 52.7 Å². The molecule has 7 amide bonds. The van der Waals surface area contributed by atoms with Crippen LogP contribution in [0.1, 0.15) is 109 Å². The van der Waals surface area contributed by atoms with Crippen LogP contribution in [-0.4, -0.2) is 211 Å². The minimum Gasteiger partial charge on any atom is -0.379 e. The molecule has 0 bridgehead atoms. The number of likely N-dealkylation sites (tertiary alicyclic amines) is 1. The first-order valence-electron chi connectivity index (χ1n) is 29.5. The number of carbonyl (C=O) groups excluding carboxylic acids is 7. The Morgan fingerprint density at radius 2 is 1.35 bits per heavy atom. The van der Waals surface area contributed by atoms with Gasteiger partial charge < -0.3 is 63.6 Å². The Bertz CT molecular complexity index is 2310. The summed E-state index contributed by atoms with van der Waals surface area (Å²) in [5.41, 5.74) is -0.116. The predicted octanol–water partition coefficient (Wildman–Crippen LogP) is 4.45. The van der Waals surface area contributed by atoms with Crippen LogP contribution in [0.4, 0.5) is 0 Å². The first-order valence-corrected chi connectivity index (χ1v) is 30.4. The van der Waals surface area contributed by atoms with Crippen LogP contribution in [0.25, 0.3) is 0 Å². The number of hydrogen-bond acceptors (Lipinski definition) is 17. The summed E-state index contributed by atoms with van der Waals surface area (Å²) in [5.74, 6) is -3.11. The number of carbonyl (C=O) groups is 7. The third-order valence-corrected chi connectivity index (χ3v) is 16.7. The quantitative estimate of drug-likeness (QED) is 0.0615. The summed E-state index contributed by atoms with van der Waals surface area (Å²) in [4.78, 5) is 103. The van der Waals surface area contributed by atoms with E-state index in [0.29, 0.717) is 98.1 Å². The number of amides is 7. The number of hydrogen-bond donors (Lipinski definition) is 3. The van der Waals surface area contributed by atoms with Crippen molar-refractivity contribution in [3.63, 3.8) is 0 Å². The van der Waals surface area contributed by atoms with Gasteiger partial charge in [-0.05, 0) is 49.5 Å². The minimum atomic E-state index is -1.19. The number of benzene rings is 1. The van der Waals surface area contributed by atoms with Gasteiger partial charge in [-0.25, -0.2) is 4.98 Å². The van der Waals surface area contributed by atoms with E-state index < -0.39 is 41.7 Å². The Morgan fingerprint density at radius 1 is 0.771 bits per heavy atom. The highest BCUT2D eigenvalue weighted by atomic mass is 32.1. The number of nitrogens with one attached hydrogen (secondary N) is 3. The molecule has 1 saturated carbocycles. The molecule has 1 aliphatic carbocycles. The van der Waals surface area contributed by atoms with Crippen molar-refractivity contribution in [3.8, 4) is 0 Å². The summed E-state index contributed by atoms with van der Waals surface area (Å²) in [7, 11) is 4.83. The fourth-order valence-electron chi connectivity index (χ4n) is 11.0. The molecule has 8 unspecified atom stereocenters. The number of rotatable bonds is 41. The lowest BCUT2D eigenvalue weighted by Crippen LogP contribution is -2.63. The third kappa shape index (κ3) is 21.3. The summed E-state index contributed by atoms with van der Waals surface area (Å²) in [5, 5.41) is 12.0. The maximum absolute atomic E-state index is 14.7. The summed E-state index contributed by atoms with van der Waals surface area (Å²) >= 11 is 1.49. The highest BCUT2D eigenvalue weighted by molar-refractivity contribution is 7.09. The second kappa shape index (κ2) is 36.6. The number of aromatic nitrogens is 1. The van der Waals surface area contributed by atoms with E-state index in [-0.39, 0.29) is 98.6 Å². The first kappa shape index (κ1) is 68.5. The van der Waals surface area contributed by atoms with Gasteiger partial charge in [0.15, 0.2) is 0 Å². The molecule has 83 heavy (non-hydrogen) atoms. The average molecular weight is 1180 g/mol. The molecule has 5 rings (SSSR count). The highest BCUT2D eigenvalue weighted by Crippen LogP contribution is 2.33. The predicted molar refractivity (Wildman–Crippen MR) is 311 cm³/mol. The van der Waals surface area contributed by atoms with Crippen molar-refractivity contribution in [2.75, 3.05) is 114 Å². The lowest BCUT2D eigenvalue weighted by Gasteiger charge is -2.41. The van der Waals surface area contributed by atoms with Gasteiger partial charge in [0, 0.05) is 58.0 Å². The molecule has 3 aliphatic rings. The second-order valence-corrected chi connectivity index (χ2v) is 22.8. The lowest BCUT2D eigenvalue weighted by atomic mass is 9.89. The topological polar surface area (TPSA) is 252 Å². The number of imide groups is 1. The zero-order chi connectivity index (χ0) is 60.2. The number of ether oxygens (including phenoxy) is 8. The summed E-state index contributed by atoms with van der Waals surface area (Å²) < 4.78 is 45.4. The van der Waals surface area contributed by atoms with Crippen LogP contribution in [0.3, 0.4) is 0 Å². The average Bonchev–Trinajstić information content (AvgIpc) is 4.39. The fourth-order valence-corrected chi connectivity index (χ4v) is 11.7. The van der Waals surface area contributed by atoms with Crippen LogP contribution in [0.15, 0.2) is 54.1 Å². The highest BCUT2D eigenvalue weighted by Gasteiger charge is 2.46. The molecular formula is C60H93N7O15S. The summed E-state index contributed by atoms with van der Waals surface area (Å²) in [6.07, 6.45) is 7.90. The van der Waals surface area contributed by atoms with Crippen LogP contribution in [0.5, 0.6) is 0 Å². The Kier molecular flexibility index (Phi) is 30.2. The molecule has 2 aliphatic heterocycles. The van der Waals surface area contributed by atoms with Gasteiger partial charge in [-0.3, -0.25) is 38.5 Å². The van der Waals surface area contributed by atoms with Crippen LogP contribution in [-0.2, 0) is 77.9 Å². The van der Waals surface area contributed by atoms with Gasteiger partial charge in [-0.15, -0.1) is 11.3 Å². The van der Waals surface area contributed by atoms with E-state index in [9.17, 15) is 33.6 Å². The fraction of sp³-hybridized carbons (Fsp3) is 0.700. The molecule has 0 spiro atoms. The zero-order valence-electron chi connectivity index (χ0n) is 50.2. The molecule has 0 radical (unpaired) electrons. The van der Waals surface area contributed by atoms with Crippen LogP contribution in [0.2, 0.25) is 0 Å². The molecule has 22 nitrogen and oxygen atoms in total. The molecule has 2 fully saturated rings. The van der Waals surface area contributed by atoms with Crippen molar-refractivity contribution in [1.82, 2.24) is 35.6 Å². The monoisotopic (exact) mass is 1180 g/mol. The maximum atomic E-state index is 14.7. The Hall–Kier alpha value is -5.24. The van der Waals surface area contributed by atoms with E-state index in [1.54, 1.807) is 32.4 Å². The maximum Gasteiger partial charge on any atom is 0.253 e. The molecule has 23 heteroatoms. The van der Waals surface area contributed by atoms with Gasteiger partial charge in [0.1, 0.15) is 16.6 Å². The number of likely N-dealkylation sites (N-methyl/N-ethyl adjacent to an activating group) is 1. The van der Waals surface area contributed by atoms with Crippen LogP contribution < -0.4 is 16.0 Å². The molecule has 3 N–H and O–H groups in total. The Balaban J connectivity index is 1.02. The molecule has 1 aromatic carbocycles. The summed E-state index contributed by atoms with van der Waals surface area (Å²) in [6, 6.07) is 7.76. The van der Waals surface area contributed by atoms with Gasteiger partial charge in [0.2, 0.25) is 29.5 Å². The molecule has 1 aromatic heterocycles. The number of thiazole rings is 1. The van der Waals surface area contributed by atoms with E-state index in [4.69, 9.17) is 37.9 Å². The molecule has 3 heterocycles. The van der Waals surface area contributed by atoms with Crippen molar-refractivity contribution in [2.45, 2.75) is 141 Å². The molecule has 1 saturated heterocycles. The van der Waals surface area contributed by atoms with E-state index >= 15 is 0 Å². The lowest BCUT2D eigenvalue weighted by molar-refractivity contribution is -0.148. The van der Waals surface area contributed by atoms with Crippen molar-refractivity contribution < 1.29 is 71.5 Å². The first-order chi connectivity index (χ1) is 40.0. The third-order valence-electron chi connectivity index (χ3n) is 15.8. The minimum absolute atomic E-state index is 0.0209. The molecule has 464 valence electrons. The van der Waals surface area contributed by atoms with E-state index in [1.807, 2.05) is 75.2 Å². The Morgan fingerprint density at radius 3 is 1.88 bits per heavy atom. The SMILES string of the molecule is CCC(C)C(C(CC(=O)N1CCCC1C(OC)C(C)C(=O)NC(Cc1ccccc1)c1nccs1)OC)N(C)C(=O)C(NC(=O)C1(NC(=O)CCOCCOCCOCCOCCOCCOCCN2C(=O)C=CC2=O)CCCC1)C(C)C. The van der Waals surface area contributed by atoms with Gasteiger partial charge in [0.05, 0.1) is 128 Å². The van der Waals surface area contributed by atoms with Crippen LogP contribution in [0, 0.1) is 17.8 Å². The van der Waals surface area contributed by atoms with Crippen molar-refractivity contribution in [3.05, 3.63) is 64.6 Å². The van der Waals surface area contributed by atoms with Gasteiger partial charge >= 0.3 is 0 Å². The van der Waals surface area contributed by atoms with Gasteiger partial charge in [-0.2, -0.15) is 0 Å².